The molecule has 0 aromatic heterocycles. The smallest absolute Gasteiger partial charge is 0.243 e. The Morgan fingerprint density at radius 2 is 1.74 bits per heavy atom. The number of hydrogen-bond donors (Lipinski definition) is 1. The summed E-state index contributed by atoms with van der Waals surface area (Å²) in [5.74, 6) is -0.292. The van der Waals surface area contributed by atoms with Gasteiger partial charge in [0.25, 0.3) is 0 Å². The minimum absolute atomic E-state index is 0.109. The van der Waals surface area contributed by atoms with Crippen molar-refractivity contribution in [2.24, 2.45) is 0 Å². The van der Waals surface area contributed by atoms with Crippen molar-refractivity contribution in [3.05, 3.63) is 68.7 Å². The highest BCUT2D eigenvalue weighted by molar-refractivity contribution is 6.35. The molecule has 0 unspecified atom stereocenters. The summed E-state index contributed by atoms with van der Waals surface area (Å²) in [4.78, 5) is 28.2. The van der Waals surface area contributed by atoms with Crippen LogP contribution in [0, 0.1) is 0 Å². The Balaban J connectivity index is 1.86. The second kappa shape index (κ2) is 11.2. The predicted molar refractivity (Wildman–Crippen MR) is 127 cm³/mol. The zero-order chi connectivity index (χ0) is 22.4. The van der Waals surface area contributed by atoms with Gasteiger partial charge >= 0.3 is 0 Å². The fraction of sp³-hybridized carbons (Fsp3) is 0.417. The molecule has 1 N–H and O–H groups in total. The molecule has 3 rings (SSSR count). The van der Waals surface area contributed by atoms with Gasteiger partial charge in [-0.25, -0.2) is 0 Å². The summed E-state index contributed by atoms with van der Waals surface area (Å²) >= 11 is 18.7. The molecule has 0 spiro atoms. The highest BCUT2D eigenvalue weighted by Gasteiger charge is 2.31. The Hall–Kier alpha value is -1.75. The molecule has 0 heterocycles. The number of hydrogen-bond acceptors (Lipinski definition) is 2. The number of carbonyl (C=O) groups excluding carboxylic acids is 2. The van der Waals surface area contributed by atoms with E-state index in [0.717, 1.165) is 36.8 Å². The monoisotopic (exact) mass is 480 g/mol. The number of halogens is 3. The van der Waals surface area contributed by atoms with Crippen LogP contribution in [0.1, 0.15) is 50.2 Å². The minimum atomic E-state index is -0.595. The van der Waals surface area contributed by atoms with Gasteiger partial charge in [0.05, 0.1) is 6.42 Å². The SMILES string of the molecule is CC[C@H](C(=O)NC1CCCC1)N(Cc1ccc(Cl)cc1Cl)C(=O)Cc1ccccc1Cl. The number of amides is 2. The van der Waals surface area contributed by atoms with E-state index >= 15 is 0 Å². The first kappa shape index (κ1) is 23.9. The van der Waals surface area contributed by atoms with Gasteiger partial charge in [0.2, 0.25) is 11.8 Å². The highest BCUT2D eigenvalue weighted by atomic mass is 35.5. The lowest BCUT2D eigenvalue weighted by Gasteiger charge is -2.32. The molecule has 0 bridgehead atoms. The van der Waals surface area contributed by atoms with E-state index in [1.54, 1.807) is 29.2 Å². The summed E-state index contributed by atoms with van der Waals surface area (Å²) in [6.07, 6.45) is 4.82. The van der Waals surface area contributed by atoms with Crippen molar-refractivity contribution >= 4 is 46.6 Å². The van der Waals surface area contributed by atoms with Crippen LogP contribution in [0.25, 0.3) is 0 Å². The molecule has 166 valence electrons. The maximum Gasteiger partial charge on any atom is 0.243 e. The van der Waals surface area contributed by atoms with Gasteiger partial charge in [-0.05, 0) is 48.6 Å². The number of benzene rings is 2. The second-order valence-corrected chi connectivity index (χ2v) is 9.19. The van der Waals surface area contributed by atoms with Gasteiger partial charge in [0.15, 0.2) is 0 Å². The predicted octanol–water partition coefficient (Wildman–Crippen LogP) is 6.06. The summed E-state index contributed by atoms with van der Waals surface area (Å²) in [5.41, 5.74) is 1.47. The molecule has 1 aliphatic carbocycles. The Morgan fingerprint density at radius 3 is 2.39 bits per heavy atom. The lowest BCUT2D eigenvalue weighted by Crippen LogP contribution is -2.51. The molecule has 2 aromatic carbocycles. The van der Waals surface area contributed by atoms with Crippen LogP contribution in [0.4, 0.5) is 0 Å². The van der Waals surface area contributed by atoms with E-state index in [0.29, 0.717) is 21.5 Å². The first-order chi connectivity index (χ1) is 14.9. The van der Waals surface area contributed by atoms with E-state index in [4.69, 9.17) is 34.8 Å². The van der Waals surface area contributed by atoms with Crippen molar-refractivity contribution in [3.63, 3.8) is 0 Å². The third-order valence-electron chi connectivity index (χ3n) is 5.74. The van der Waals surface area contributed by atoms with E-state index < -0.39 is 6.04 Å². The van der Waals surface area contributed by atoms with Crippen molar-refractivity contribution in [1.82, 2.24) is 10.2 Å². The largest absolute Gasteiger partial charge is 0.352 e. The normalized spacial score (nSPS) is 15.0. The Morgan fingerprint density at radius 1 is 1.03 bits per heavy atom. The fourth-order valence-electron chi connectivity index (χ4n) is 4.03. The Kier molecular flexibility index (Phi) is 8.65. The molecule has 4 nitrogen and oxygen atoms in total. The molecule has 31 heavy (non-hydrogen) atoms. The lowest BCUT2D eigenvalue weighted by atomic mass is 10.1. The van der Waals surface area contributed by atoms with Crippen molar-refractivity contribution in [2.45, 2.75) is 64.1 Å². The van der Waals surface area contributed by atoms with Crippen molar-refractivity contribution < 1.29 is 9.59 Å². The quantitative estimate of drug-likeness (QED) is 0.498. The van der Waals surface area contributed by atoms with Crippen LogP contribution < -0.4 is 5.32 Å². The zero-order valence-electron chi connectivity index (χ0n) is 17.5. The third kappa shape index (κ3) is 6.38. The molecule has 1 fully saturated rings. The summed E-state index contributed by atoms with van der Waals surface area (Å²) in [7, 11) is 0. The molecule has 2 amide bonds. The topological polar surface area (TPSA) is 49.4 Å². The number of nitrogens with zero attached hydrogens (tertiary/aromatic N) is 1. The summed E-state index contributed by atoms with van der Waals surface area (Å²) < 4.78 is 0. The van der Waals surface area contributed by atoms with Gasteiger partial charge in [0, 0.05) is 27.7 Å². The van der Waals surface area contributed by atoms with Crippen LogP contribution in [-0.2, 0) is 22.6 Å². The molecular weight excluding hydrogens is 455 g/mol. The molecule has 0 aliphatic heterocycles. The molecule has 0 saturated heterocycles. The van der Waals surface area contributed by atoms with E-state index in [1.165, 1.54) is 0 Å². The van der Waals surface area contributed by atoms with Gasteiger partial charge in [-0.2, -0.15) is 0 Å². The third-order valence-corrected chi connectivity index (χ3v) is 6.70. The fourth-order valence-corrected chi connectivity index (χ4v) is 4.70. The van der Waals surface area contributed by atoms with E-state index in [-0.39, 0.29) is 30.8 Å². The first-order valence-corrected chi connectivity index (χ1v) is 11.8. The van der Waals surface area contributed by atoms with E-state index in [9.17, 15) is 9.59 Å². The molecule has 1 saturated carbocycles. The molecule has 1 atom stereocenters. The van der Waals surface area contributed by atoms with Crippen LogP contribution in [0.15, 0.2) is 42.5 Å². The molecular formula is C24H27Cl3N2O2. The van der Waals surface area contributed by atoms with Gasteiger partial charge in [-0.1, -0.05) is 78.8 Å². The van der Waals surface area contributed by atoms with Crippen molar-refractivity contribution in [3.8, 4) is 0 Å². The number of rotatable bonds is 8. The first-order valence-electron chi connectivity index (χ1n) is 10.7. The van der Waals surface area contributed by atoms with E-state index in [2.05, 4.69) is 5.32 Å². The van der Waals surface area contributed by atoms with Crippen molar-refractivity contribution in [2.75, 3.05) is 0 Å². The number of carbonyl (C=O) groups is 2. The van der Waals surface area contributed by atoms with Gasteiger partial charge in [-0.3, -0.25) is 9.59 Å². The Labute approximate surface area is 198 Å². The van der Waals surface area contributed by atoms with Crippen molar-refractivity contribution in [1.29, 1.82) is 0 Å². The summed E-state index contributed by atoms with van der Waals surface area (Å²) in [6.45, 7) is 2.13. The number of nitrogens with one attached hydrogen (secondary N) is 1. The highest BCUT2D eigenvalue weighted by Crippen LogP contribution is 2.25. The van der Waals surface area contributed by atoms with Crippen LogP contribution >= 0.6 is 34.8 Å². The maximum absolute atomic E-state index is 13.4. The van der Waals surface area contributed by atoms with Crippen LogP contribution in [0.5, 0.6) is 0 Å². The van der Waals surface area contributed by atoms with Gasteiger partial charge in [-0.15, -0.1) is 0 Å². The second-order valence-electron chi connectivity index (χ2n) is 7.94. The standard InChI is InChI=1S/C24H27Cl3N2O2/c1-2-22(24(31)28-19-8-4-5-9-19)29(15-17-11-12-18(25)14-21(17)27)23(30)13-16-7-3-6-10-20(16)26/h3,6-7,10-12,14,19,22H,2,4-5,8-9,13,15H2,1H3,(H,28,31)/t22-/m1/s1. The summed E-state index contributed by atoms with van der Waals surface area (Å²) in [6, 6.07) is 12.0. The molecule has 1 aliphatic rings. The summed E-state index contributed by atoms with van der Waals surface area (Å²) in [5, 5.41) is 4.66. The minimum Gasteiger partial charge on any atom is -0.352 e. The zero-order valence-corrected chi connectivity index (χ0v) is 19.8. The van der Waals surface area contributed by atoms with Gasteiger partial charge in [0.1, 0.15) is 6.04 Å². The lowest BCUT2D eigenvalue weighted by molar-refractivity contribution is -0.141. The molecule has 2 aromatic rings. The van der Waals surface area contributed by atoms with Crippen LogP contribution in [-0.4, -0.2) is 28.8 Å². The Bertz CT molecular complexity index is 929. The van der Waals surface area contributed by atoms with Gasteiger partial charge < -0.3 is 10.2 Å². The average molecular weight is 482 g/mol. The molecule has 0 radical (unpaired) electrons. The van der Waals surface area contributed by atoms with Crippen LogP contribution in [0.3, 0.4) is 0 Å². The van der Waals surface area contributed by atoms with E-state index in [1.807, 2.05) is 25.1 Å². The van der Waals surface area contributed by atoms with Crippen LogP contribution in [0.2, 0.25) is 15.1 Å². The maximum atomic E-state index is 13.4. The average Bonchev–Trinajstić information content (AvgIpc) is 3.24. The molecule has 7 heteroatoms.